The predicted molar refractivity (Wildman–Crippen MR) is 61.5 cm³/mol. The first-order valence-corrected chi connectivity index (χ1v) is 5.27. The second kappa shape index (κ2) is 6.85. The van der Waals surface area contributed by atoms with Gasteiger partial charge in [0.1, 0.15) is 0 Å². The minimum absolute atomic E-state index is 0.162. The summed E-state index contributed by atoms with van der Waals surface area (Å²) in [6, 6.07) is 4.81. The van der Waals surface area contributed by atoms with Crippen molar-refractivity contribution >= 4 is 5.97 Å². The molecule has 17 heavy (non-hydrogen) atoms. The van der Waals surface area contributed by atoms with Gasteiger partial charge in [0.2, 0.25) is 0 Å². The molecule has 0 bridgehead atoms. The van der Waals surface area contributed by atoms with Crippen molar-refractivity contribution in [2.45, 2.75) is 6.42 Å². The fraction of sp³-hybridized carbons (Fsp3) is 0.417. The number of rotatable bonds is 6. The Morgan fingerprint density at radius 1 is 1.41 bits per heavy atom. The summed E-state index contributed by atoms with van der Waals surface area (Å²) in [6.45, 7) is 0.746. The van der Waals surface area contributed by atoms with E-state index in [1.165, 1.54) is 20.3 Å². The summed E-state index contributed by atoms with van der Waals surface area (Å²) in [5.41, 5.74) is 0.848. The van der Waals surface area contributed by atoms with E-state index in [0.29, 0.717) is 13.0 Å². The highest BCUT2D eigenvalue weighted by Crippen LogP contribution is 2.17. The average Bonchev–Trinajstić information content (AvgIpc) is 2.34. The maximum absolute atomic E-state index is 13.3. The molecule has 5 heteroatoms. The number of halogens is 1. The second-order valence-corrected chi connectivity index (χ2v) is 3.47. The maximum Gasteiger partial charge on any atom is 0.319 e. The third-order valence-electron chi connectivity index (χ3n) is 2.30. The SMILES string of the molecule is COC(=O)CNCCc1ccc(OC)c(F)c1. The molecular formula is C12H16FNO3. The monoisotopic (exact) mass is 241 g/mol. The molecule has 0 saturated carbocycles. The summed E-state index contributed by atoms with van der Waals surface area (Å²) in [5.74, 6) is -0.458. The van der Waals surface area contributed by atoms with Crippen LogP contribution >= 0.6 is 0 Å². The molecule has 0 aliphatic rings. The van der Waals surface area contributed by atoms with Gasteiger partial charge in [-0.2, -0.15) is 0 Å². The lowest BCUT2D eigenvalue weighted by Crippen LogP contribution is -2.25. The van der Waals surface area contributed by atoms with Crippen LogP contribution in [0.3, 0.4) is 0 Å². The number of ether oxygens (including phenoxy) is 2. The standard InChI is InChI=1S/C12H16FNO3/c1-16-11-4-3-9(7-10(11)13)5-6-14-8-12(15)17-2/h3-4,7,14H,5-6,8H2,1-2H3. The van der Waals surface area contributed by atoms with Crippen molar-refractivity contribution in [3.63, 3.8) is 0 Å². The van der Waals surface area contributed by atoms with Crippen LogP contribution in [0.15, 0.2) is 18.2 Å². The molecule has 0 spiro atoms. The van der Waals surface area contributed by atoms with Crippen molar-refractivity contribution in [3.05, 3.63) is 29.6 Å². The third-order valence-corrected chi connectivity index (χ3v) is 2.30. The number of esters is 1. The zero-order valence-corrected chi connectivity index (χ0v) is 9.96. The van der Waals surface area contributed by atoms with Crippen LogP contribution in [0, 0.1) is 5.82 Å². The quantitative estimate of drug-likeness (QED) is 0.599. The van der Waals surface area contributed by atoms with Crippen molar-refractivity contribution in [2.24, 2.45) is 0 Å². The molecule has 0 unspecified atom stereocenters. The number of carbonyl (C=O) groups excluding carboxylic acids is 1. The first-order valence-electron chi connectivity index (χ1n) is 5.27. The molecule has 0 aliphatic heterocycles. The van der Waals surface area contributed by atoms with Crippen molar-refractivity contribution < 1.29 is 18.7 Å². The lowest BCUT2D eigenvalue weighted by Gasteiger charge is -2.06. The van der Waals surface area contributed by atoms with E-state index in [0.717, 1.165) is 5.56 Å². The van der Waals surface area contributed by atoms with Gasteiger partial charge in [-0.05, 0) is 30.7 Å². The Kier molecular flexibility index (Phi) is 5.42. The highest BCUT2D eigenvalue weighted by atomic mass is 19.1. The van der Waals surface area contributed by atoms with Crippen LogP contribution in [0.1, 0.15) is 5.56 Å². The molecule has 0 aliphatic carbocycles. The topological polar surface area (TPSA) is 47.6 Å². The number of hydrogen-bond donors (Lipinski definition) is 1. The number of methoxy groups -OCH3 is 2. The third kappa shape index (κ3) is 4.40. The molecule has 1 rings (SSSR count). The zero-order valence-electron chi connectivity index (χ0n) is 9.96. The summed E-state index contributed by atoms with van der Waals surface area (Å²) < 4.78 is 22.6. The molecule has 0 fully saturated rings. The van der Waals surface area contributed by atoms with E-state index in [1.54, 1.807) is 12.1 Å². The van der Waals surface area contributed by atoms with E-state index in [-0.39, 0.29) is 24.1 Å². The van der Waals surface area contributed by atoms with E-state index >= 15 is 0 Å². The van der Waals surface area contributed by atoms with Crippen molar-refractivity contribution in [2.75, 3.05) is 27.3 Å². The zero-order chi connectivity index (χ0) is 12.7. The smallest absolute Gasteiger partial charge is 0.319 e. The molecule has 94 valence electrons. The Morgan fingerprint density at radius 3 is 2.76 bits per heavy atom. The fourth-order valence-corrected chi connectivity index (χ4v) is 1.36. The van der Waals surface area contributed by atoms with Gasteiger partial charge < -0.3 is 14.8 Å². The largest absolute Gasteiger partial charge is 0.494 e. The van der Waals surface area contributed by atoms with Gasteiger partial charge in [-0.15, -0.1) is 0 Å². The van der Waals surface area contributed by atoms with Crippen LogP contribution in [0.4, 0.5) is 4.39 Å². The average molecular weight is 241 g/mol. The molecular weight excluding hydrogens is 225 g/mol. The van der Waals surface area contributed by atoms with Gasteiger partial charge >= 0.3 is 5.97 Å². The van der Waals surface area contributed by atoms with Crippen LogP contribution < -0.4 is 10.1 Å². The Bertz CT molecular complexity index is 382. The molecule has 0 amide bonds. The van der Waals surface area contributed by atoms with E-state index in [9.17, 15) is 9.18 Å². The van der Waals surface area contributed by atoms with Gasteiger partial charge in [-0.3, -0.25) is 4.79 Å². The normalized spacial score (nSPS) is 10.1. The second-order valence-electron chi connectivity index (χ2n) is 3.47. The predicted octanol–water partition coefficient (Wildman–Crippen LogP) is 1.14. The molecule has 0 saturated heterocycles. The first-order chi connectivity index (χ1) is 8.17. The van der Waals surface area contributed by atoms with Crippen molar-refractivity contribution in [1.29, 1.82) is 0 Å². The summed E-state index contributed by atoms with van der Waals surface area (Å²) in [7, 11) is 2.76. The number of nitrogens with one attached hydrogen (secondary N) is 1. The number of carbonyl (C=O) groups is 1. The molecule has 1 N–H and O–H groups in total. The minimum atomic E-state index is -0.377. The van der Waals surface area contributed by atoms with Gasteiger partial charge in [-0.1, -0.05) is 6.07 Å². The van der Waals surface area contributed by atoms with Gasteiger partial charge in [0.15, 0.2) is 11.6 Å². The summed E-state index contributed by atoms with van der Waals surface area (Å²) in [5, 5.41) is 2.90. The van der Waals surface area contributed by atoms with Crippen molar-refractivity contribution in [3.8, 4) is 5.75 Å². The minimum Gasteiger partial charge on any atom is -0.494 e. The first kappa shape index (κ1) is 13.4. The molecule has 0 radical (unpaired) electrons. The number of benzene rings is 1. The molecule has 4 nitrogen and oxygen atoms in total. The Morgan fingerprint density at radius 2 is 2.18 bits per heavy atom. The summed E-state index contributed by atoms with van der Waals surface area (Å²) in [4.78, 5) is 10.8. The molecule has 0 heterocycles. The lowest BCUT2D eigenvalue weighted by molar-refractivity contribution is -0.139. The van der Waals surface area contributed by atoms with Crippen LogP contribution in [-0.2, 0) is 16.0 Å². The van der Waals surface area contributed by atoms with Gasteiger partial charge in [-0.25, -0.2) is 4.39 Å². The summed E-state index contributed by atoms with van der Waals surface area (Å²) in [6.07, 6.45) is 0.637. The van der Waals surface area contributed by atoms with Crippen LogP contribution in [0.25, 0.3) is 0 Å². The van der Waals surface area contributed by atoms with E-state index in [1.807, 2.05) is 0 Å². The molecule has 1 aromatic rings. The molecule has 1 aromatic carbocycles. The Hall–Kier alpha value is -1.62. The molecule has 0 atom stereocenters. The summed E-state index contributed by atoms with van der Waals surface area (Å²) >= 11 is 0. The van der Waals surface area contributed by atoms with Gasteiger partial charge in [0, 0.05) is 0 Å². The highest BCUT2D eigenvalue weighted by Gasteiger charge is 2.03. The van der Waals surface area contributed by atoms with E-state index in [2.05, 4.69) is 10.1 Å². The Labute approximate surface area is 99.7 Å². The van der Waals surface area contributed by atoms with Gasteiger partial charge in [0.25, 0.3) is 0 Å². The Balaban J connectivity index is 2.37. The van der Waals surface area contributed by atoms with E-state index in [4.69, 9.17) is 4.74 Å². The maximum atomic E-state index is 13.3. The van der Waals surface area contributed by atoms with Crippen LogP contribution in [0.2, 0.25) is 0 Å². The highest BCUT2D eigenvalue weighted by molar-refractivity contribution is 5.71. The van der Waals surface area contributed by atoms with Gasteiger partial charge in [0.05, 0.1) is 20.8 Å². The molecule has 0 aromatic heterocycles. The number of hydrogen-bond acceptors (Lipinski definition) is 4. The van der Waals surface area contributed by atoms with Crippen molar-refractivity contribution in [1.82, 2.24) is 5.32 Å². The van der Waals surface area contributed by atoms with Crippen LogP contribution in [0.5, 0.6) is 5.75 Å². The van der Waals surface area contributed by atoms with Crippen LogP contribution in [-0.4, -0.2) is 33.3 Å². The van der Waals surface area contributed by atoms with E-state index < -0.39 is 0 Å². The fourth-order valence-electron chi connectivity index (χ4n) is 1.36. The lowest BCUT2D eigenvalue weighted by atomic mass is 10.1.